The van der Waals surface area contributed by atoms with Gasteiger partial charge in [-0.25, -0.2) is 0 Å². The van der Waals surface area contributed by atoms with Crippen molar-refractivity contribution in [2.75, 3.05) is 0 Å². The van der Waals surface area contributed by atoms with Crippen molar-refractivity contribution in [3.63, 3.8) is 0 Å². The Bertz CT molecular complexity index is 652. The molecule has 102 valence electrons. The number of ether oxygens (including phenoxy) is 1. The normalized spacial score (nSPS) is 10.1. The predicted octanol–water partition coefficient (Wildman–Crippen LogP) is 3.29. The number of benzene rings is 2. The summed E-state index contributed by atoms with van der Waals surface area (Å²) in [5.41, 5.74) is 2.06. The maximum Gasteiger partial charge on any atom is 0.311 e. The zero-order chi connectivity index (χ0) is 14.5. The highest BCUT2D eigenvalue weighted by atomic mass is 16.6. The summed E-state index contributed by atoms with van der Waals surface area (Å²) in [6, 6.07) is 11.8. The van der Waals surface area contributed by atoms with E-state index in [1.165, 1.54) is 18.2 Å². The molecule has 2 aromatic carbocycles. The number of nitrogens with zero attached hydrogens (tertiary/aromatic N) is 1. The van der Waals surface area contributed by atoms with Crippen LogP contribution in [0.15, 0.2) is 42.5 Å². The lowest BCUT2D eigenvalue weighted by Gasteiger charge is -2.09. The van der Waals surface area contributed by atoms with E-state index in [2.05, 4.69) is 0 Å². The number of carbonyl (C=O) groups is 1. The zero-order valence-electron chi connectivity index (χ0n) is 10.9. The van der Waals surface area contributed by atoms with Crippen LogP contribution in [0.25, 0.3) is 0 Å². The fourth-order valence-electron chi connectivity index (χ4n) is 1.80. The van der Waals surface area contributed by atoms with Gasteiger partial charge in [-0.1, -0.05) is 24.3 Å². The average molecular weight is 271 g/mol. The third kappa shape index (κ3) is 3.00. The van der Waals surface area contributed by atoms with Crippen LogP contribution in [0.5, 0.6) is 5.75 Å². The van der Waals surface area contributed by atoms with Crippen LogP contribution in [-0.2, 0) is 6.61 Å². The minimum Gasteiger partial charge on any atom is -0.482 e. The maximum atomic E-state index is 11.0. The van der Waals surface area contributed by atoms with Crippen LogP contribution in [-0.4, -0.2) is 11.2 Å². The SMILES string of the molecule is Cc1ccccc1COc1ccc(C=O)cc1[N+](=O)[O-]. The second kappa shape index (κ2) is 5.97. The Hall–Kier alpha value is -2.69. The minimum atomic E-state index is -0.555. The average Bonchev–Trinajstić information content (AvgIpc) is 2.46. The number of nitro benzene ring substituents is 1. The van der Waals surface area contributed by atoms with Gasteiger partial charge in [-0.3, -0.25) is 14.9 Å². The molecule has 0 heterocycles. The monoisotopic (exact) mass is 271 g/mol. The van der Waals surface area contributed by atoms with E-state index >= 15 is 0 Å². The van der Waals surface area contributed by atoms with Gasteiger partial charge in [-0.2, -0.15) is 0 Å². The standard InChI is InChI=1S/C15H13NO4/c1-11-4-2-3-5-13(11)10-20-15-7-6-12(9-17)8-14(15)16(18)19/h2-9H,10H2,1H3. The van der Waals surface area contributed by atoms with Crippen LogP contribution in [0, 0.1) is 17.0 Å². The van der Waals surface area contributed by atoms with Gasteiger partial charge in [-0.15, -0.1) is 0 Å². The van der Waals surface area contributed by atoms with Gasteiger partial charge in [0, 0.05) is 11.6 Å². The van der Waals surface area contributed by atoms with Crippen molar-refractivity contribution < 1.29 is 14.5 Å². The highest BCUT2D eigenvalue weighted by Crippen LogP contribution is 2.28. The lowest BCUT2D eigenvalue weighted by molar-refractivity contribution is -0.386. The van der Waals surface area contributed by atoms with Crippen LogP contribution in [0.1, 0.15) is 21.5 Å². The van der Waals surface area contributed by atoms with Gasteiger partial charge in [0.1, 0.15) is 12.9 Å². The van der Waals surface area contributed by atoms with Crippen LogP contribution in [0.3, 0.4) is 0 Å². The fraction of sp³-hybridized carbons (Fsp3) is 0.133. The summed E-state index contributed by atoms with van der Waals surface area (Å²) in [5.74, 6) is 0.156. The summed E-state index contributed by atoms with van der Waals surface area (Å²) in [4.78, 5) is 21.1. The first-order chi connectivity index (χ1) is 9.61. The van der Waals surface area contributed by atoms with E-state index in [0.717, 1.165) is 11.1 Å². The van der Waals surface area contributed by atoms with Gasteiger partial charge < -0.3 is 4.74 Å². The Morgan fingerprint density at radius 1 is 1.25 bits per heavy atom. The van der Waals surface area contributed by atoms with Crippen molar-refractivity contribution in [3.8, 4) is 5.75 Å². The van der Waals surface area contributed by atoms with Crippen molar-refractivity contribution >= 4 is 12.0 Å². The van der Waals surface area contributed by atoms with E-state index in [0.29, 0.717) is 6.29 Å². The molecule has 0 saturated carbocycles. The van der Waals surface area contributed by atoms with E-state index in [4.69, 9.17) is 4.74 Å². The Kier molecular flexibility index (Phi) is 4.10. The number of carbonyl (C=O) groups excluding carboxylic acids is 1. The summed E-state index contributed by atoms with van der Waals surface area (Å²) in [6.45, 7) is 2.19. The highest BCUT2D eigenvalue weighted by Gasteiger charge is 2.16. The molecule has 0 atom stereocenters. The van der Waals surface area contributed by atoms with Gasteiger partial charge in [0.25, 0.3) is 0 Å². The molecule has 0 radical (unpaired) electrons. The lowest BCUT2D eigenvalue weighted by atomic mass is 10.1. The van der Waals surface area contributed by atoms with E-state index in [-0.39, 0.29) is 23.6 Å². The van der Waals surface area contributed by atoms with Gasteiger partial charge in [0.05, 0.1) is 4.92 Å². The van der Waals surface area contributed by atoms with Crippen molar-refractivity contribution in [1.82, 2.24) is 0 Å². The molecule has 0 aliphatic rings. The van der Waals surface area contributed by atoms with Crippen LogP contribution >= 0.6 is 0 Å². The molecule has 0 aliphatic heterocycles. The zero-order valence-corrected chi connectivity index (χ0v) is 10.9. The largest absolute Gasteiger partial charge is 0.482 e. The molecular weight excluding hydrogens is 258 g/mol. The molecule has 0 unspecified atom stereocenters. The fourth-order valence-corrected chi connectivity index (χ4v) is 1.80. The first-order valence-corrected chi connectivity index (χ1v) is 6.02. The minimum absolute atomic E-state index is 0.156. The second-order valence-corrected chi connectivity index (χ2v) is 4.32. The summed E-state index contributed by atoms with van der Waals surface area (Å²) in [5, 5.41) is 11.0. The van der Waals surface area contributed by atoms with Crippen molar-refractivity contribution in [1.29, 1.82) is 0 Å². The Morgan fingerprint density at radius 3 is 2.65 bits per heavy atom. The molecule has 20 heavy (non-hydrogen) atoms. The van der Waals surface area contributed by atoms with Crippen LogP contribution in [0.4, 0.5) is 5.69 Å². The van der Waals surface area contributed by atoms with E-state index in [9.17, 15) is 14.9 Å². The van der Waals surface area contributed by atoms with Crippen molar-refractivity contribution in [2.24, 2.45) is 0 Å². The summed E-state index contributed by atoms with van der Waals surface area (Å²) < 4.78 is 5.51. The number of aldehydes is 1. The molecule has 5 nitrogen and oxygen atoms in total. The van der Waals surface area contributed by atoms with Crippen LogP contribution in [0.2, 0.25) is 0 Å². The number of hydrogen-bond acceptors (Lipinski definition) is 4. The van der Waals surface area contributed by atoms with Crippen molar-refractivity contribution in [3.05, 3.63) is 69.3 Å². The number of nitro groups is 1. The first kappa shape index (κ1) is 13.7. The summed E-state index contributed by atoms with van der Waals surface area (Å²) in [7, 11) is 0. The van der Waals surface area contributed by atoms with Gasteiger partial charge >= 0.3 is 5.69 Å². The molecule has 0 amide bonds. The van der Waals surface area contributed by atoms with Crippen molar-refractivity contribution in [2.45, 2.75) is 13.5 Å². The molecule has 5 heteroatoms. The van der Waals surface area contributed by atoms with Gasteiger partial charge in [0.15, 0.2) is 5.75 Å². The molecule has 0 aromatic heterocycles. The van der Waals surface area contributed by atoms with Gasteiger partial charge in [0.2, 0.25) is 0 Å². The third-order valence-electron chi connectivity index (χ3n) is 2.96. The third-order valence-corrected chi connectivity index (χ3v) is 2.96. The molecule has 0 saturated heterocycles. The first-order valence-electron chi connectivity index (χ1n) is 6.02. The van der Waals surface area contributed by atoms with E-state index < -0.39 is 4.92 Å². The lowest BCUT2D eigenvalue weighted by Crippen LogP contribution is -2.01. The van der Waals surface area contributed by atoms with E-state index in [1.807, 2.05) is 31.2 Å². The number of rotatable bonds is 5. The smallest absolute Gasteiger partial charge is 0.311 e. The molecule has 0 fully saturated rings. The Morgan fingerprint density at radius 2 is 2.00 bits per heavy atom. The molecule has 0 spiro atoms. The highest BCUT2D eigenvalue weighted by molar-refractivity contribution is 5.77. The van der Waals surface area contributed by atoms with Crippen LogP contribution < -0.4 is 4.74 Å². The Balaban J connectivity index is 2.23. The molecule has 2 rings (SSSR count). The maximum absolute atomic E-state index is 11.0. The quantitative estimate of drug-likeness (QED) is 0.475. The molecule has 2 aromatic rings. The number of aryl methyl sites for hydroxylation is 1. The van der Waals surface area contributed by atoms with Gasteiger partial charge in [-0.05, 0) is 30.2 Å². The van der Waals surface area contributed by atoms with E-state index in [1.54, 1.807) is 0 Å². The molecular formula is C15H13NO4. The molecule has 0 N–H and O–H groups in total. The molecule has 0 aliphatic carbocycles. The summed E-state index contributed by atoms with van der Waals surface area (Å²) >= 11 is 0. The number of hydrogen-bond donors (Lipinski definition) is 0. The topological polar surface area (TPSA) is 69.4 Å². The summed E-state index contributed by atoms with van der Waals surface area (Å²) in [6.07, 6.45) is 0.568. The second-order valence-electron chi connectivity index (χ2n) is 4.32. The Labute approximate surface area is 116 Å². The molecule has 0 bridgehead atoms. The predicted molar refractivity (Wildman–Crippen MR) is 74.0 cm³/mol.